The fourth-order valence-electron chi connectivity index (χ4n) is 4.32. The van der Waals surface area contributed by atoms with Gasteiger partial charge >= 0.3 is 6.03 Å². The maximum absolute atomic E-state index is 14.3. The first-order chi connectivity index (χ1) is 15.2. The zero-order chi connectivity index (χ0) is 22.6. The average molecular weight is 456 g/mol. The zero-order valence-electron chi connectivity index (χ0n) is 16.7. The number of carbonyl (C=O) groups excluding carboxylic acids is 1. The molecule has 0 saturated carbocycles. The van der Waals surface area contributed by atoms with Gasteiger partial charge in [-0.15, -0.1) is 0 Å². The number of hydrogen-bond donors (Lipinski definition) is 1. The molecule has 5 rings (SSSR count). The van der Waals surface area contributed by atoms with Crippen LogP contribution in [0.3, 0.4) is 0 Å². The van der Waals surface area contributed by atoms with Crippen molar-refractivity contribution in [3.63, 3.8) is 0 Å². The number of carbonyl (C=O) groups is 1. The molecule has 7 nitrogen and oxygen atoms in total. The normalized spacial score (nSPS) is 18.0. The first-order valence-corrected chi connectivity index (χ1v) is 11.4. The summed E-state index contributed by atoms with van der Waals surface area (Å²) in [5.41, 5.74) is 2.97. The summed E-state index contributed by atoms with van der Waals surface area (Å²) in [6.07, 6.45) is 2.22. The fraction of sp³-hybridized carbons (Fsp3) is 0.182. The van der Waals surface area contributed by atoms with Crippen LogP contribution < -0.4 is 14.9 Å². The molecule has 1 fully saturated rings. The van der Waals surface area contributed by atoms with Crippen molar-refractivity contribution in [2.75, 3.05) is 16.3 Å². The molecule has 32 heavy (non-hydrogen) atoms. The van der Waals surface area contributed by atoms with Crippen LogP contribution in [0.25, 0.3) is 11.3 Å². The van der Waals surface area contributed by atoms with Gasteiger partial charge in [0, 0.05) is 23.8 Å². The number of nitrogens with two attached hydrogens (primary N) is 1. The van der Waals surface area contributed by atoms with Gasteiger partial charge in [0.25, 0.3) is 0 Å². The molecule has 0 bridgehead atoms. The SMILES string of the molecule is NS(=O)(=O)c1cc2c(cc1F)CC1CCN(c3ccc(-c4ccc(F)cn4)cc3)C(=O)N21. The number of benzene rings is 2. The molecule has 2 aromatic carbocycles. The minimum Gasteiger partial charge on any atom is -0.294 e. The number of halogens is 2. The van der Waals surface area contributed by atoms with Crippen LogP contribution >= 0.6 is 0 Å². The molecular weight excluding hydrogens is 438 g/mol. The van der Waals surface area contributed by atoms with Gasteiger partial charge in [0.05, 0.1) is 17.6 Å². The highest BCUT2D eigenvalue weighted by Crippen LogP contribution is 2.40. The Labute approximate surface area is 183 Å². The van der Waals surface area contributed by atoms with E-state index in [1.165, 1.54) is 11.0 Å². The van der Waals surface area contributed by atoms with Gasteiger partial charge in [-0.3, -0.25) is 14.8 Å². The number of rotatable bonds is 3. The number of primary sulfonamides is 1. The lowest BCUT2D eigenvalue weighted by Gasteiger charge is -2.38. The van der Waals surface area contributed by atoms with E-state index < -0.39 is 26.6 Å². The van der Waals surface area contributed by atoms with Crippen LogP contribution in [0.15, 0.2) is 59.6 Å². The van der Waals surface area contributed by atoms with Crippen LogP contribution in [0, 0.1) is 11.6 Å². The van der Waals surface area contributed by atoms with E-state index in [1.54, 1.807) is 35.2 Å². The van der Waals surface area contributed by atoms with E-state index in [9.17, 15) is 22.0 Å². The molecule has 10 heteroatoms. The van der Waals surface area contributed by atoms with Gasteiger partial charge in [-0.2, -0.15) is 0 Å². The highest BCUT2D eigenvalue weighted by atomic mass is 32.2. The number of aromatic nitrogens is 1. The predicted octanol–water partition coefficient (Wildman–Crippen LogP) is 3.44. The van der Waals surface area contributed by atoms with E-state index in [2.05, 4.69) is 4.98 Å². The number of fused-ring (bicyclic) bond motifs is 3. The molecule has 2 amide bonds. The highest BCUT2D eigenvalue weighted by Gasteiger charge is 2.41. The summed E-state index contributed by atoms with van der Waals surface area (Å²) in [7, 11) is -4.27. The first kappa shape index (κ1) is 20.5. The Kier molecular flexibility index (Phi) is 4.72. The van der Waals surface area contributed by atoms with Crippen LogP contribution in [0.4, 0.5) is 25.0 Å². The van der Waals surface area contributed by atoms with E-state index in [4.69, 9.17) is 5.14 Å². The van der Waals surface area contributed by atoms with Gasteiger partial charge < -0.3 is 0 Å². The number of urea groups is 1. The Morgan fingerprint density at radius 3 is 2.47 bits per heavy atom. The lowest BCUT2D eigenvalue weighted by Crippen LogP contribution is -2.53. The molecule has 3 heterocycles. The van der Waals surface area contributed by atoms with Crippen molar-refractivity contribution in [2.45, 2.75) is 23.8 Å². The molecule has 0 radical (unpaired) electrons. The number of sulfonamides is 1. The molecule has 2 aliphatic heterocycles. The third-order valence-corrected chi connectivity index (χ3v) is 6.77. The summed E-state index contributed by atoms with van der Waals surface area (Å²) >= 11 is 0. The molecule has 2 aliphatic rings. The molecular formula is C22H18F2N4O3S. The van der Waals surface area contributed by atoms with Gasteiger partial charge in [-0.25, -0.2) is 27.1 Å². The zero-order valence-corrected chi connectivity index (χ0v) is 17.5. The van der Waals surface area contributed by atoms with Gasteiger partial charge in [0.1, 0.15) is 16.5 Å². The topological polar surface area (TPSA) is 96.6 Å². The monoisotopic (exact) mass is 456 g/mol. The maximum Gasteiger partial charge on any atom is 0.329 e. The minimum absolute atomic E-state index is 0.174. The van der Waals surface area contributed by atoms with Crippen molar-refractivity contribution < 1.29 is 22.0 Å². The van der Waals surface area contributed by atoms with Crippen LogP contribution in [0.2, 0.25) is 0 Å². The van der Waals surface area contributed by atoms with Crippen molar-refractivity contribution in [3.8, 4) is 11.3 Å². The Balaban J connectivity index is 1.46. The van der Waals surface area contributed by atoms with E-state index in [1.807, 2.05) is 0 Å². The lowest BCUT2D eigenvalue weighted by molar-refractivity contribution is 0.245. The predicted molar refractivity (Wildman–Crippen MR) is 115 cm³/mol. The number of anilines is 2. The van der Waals surface area contributed by atoms with E-state index in [0.717, 1.165) is 23.9 Å². The Bertz CT molecular complexity index is 1330. The number of hydrogen-bond acceptors (Lipinski definition) is 4. The third-order valence-electron chi connectivity index (χ3n) is 5.84. The second kappa shape index (κ2) is 7.35. The lowest BCUT2D eigenvalue weighted by atomic mass is 10.1. The summed E-state index contributed by atoms with van der Waals surface area (Å²) < 4.78 is 50.9. The number of pyridine rings is 1. The van der Waals surface area contributed by atoms with Gasteiger partial charge in [-0.05, 0) is 54.8 Å². The smallest absolute Gasteiger partial charge is 0.294 e. The minimum atomic E-state index is -4.27. The largest absolute Gasteiger partial charge is 0.329 e. The van der Waals surface area contributed by atoms with Crippen molar-refractivity contribution in [3.05, 3.63) is 71.9 Å². The molecule has 1 unspecified atom stereocenters. The molecule has 0 spiro atoms. The van der Waals surface area contributed by atoms with Crippen LogP contribution in [0.1, 0.15) is 12.0 Å². The summed E-state index contributed by atoms with van der Waals surface area (Å²) in [6.45, 7) is 0.465. The quantitative estimate of drug-likeness (QED) is 0.653. The van der Waals surface area contributed by atoms with Crippen molar-refractivity contribution in [2.24, 2.45) is 5.14 Å². The fourth-order valence-corrected chi connectivity index (χ4v) is 4.93. The molecule has 164 valence electrons. The van der Waals surface area contributed by atoms with Crippen LogP contribution in [-0.2, 0) is 16.4 Å². The Morgan fingerprint density at radius 1 is 1.06 bits per heavy atom. The van der Waals surface area contributed by atoms with E-state index in [-0.39, 0.29) is 12.1 Å². The van der Waals surface area contributed by atoms with Crippen molar-refractivity contribution in [1.82, 2.24) is 4.98 Å². The molecule has 0 aliphatic carbocycles. The van der Waals surface area contributed by atoms with Crippen molar-refractivity contribution in [1.29, 1.82) is 0 Å². The number of nitrogens with zero attached hydrogens (tertiary/aromatic N) is 3. The first-order valence-electron chi connectivity index (χ1n) is 9.90. The average Bonchev–Trinajstić information content (AvgIpc) is 3.11. The summed E-state index contributed by atoms with van der Waals surface area (Å²) in [4.78, 5) is 19.9. The molecule has 1 aromatic heterocycles. The summed E-state index contributed by atoms with van der Waals surface area (Å²) in [5, 5.41) is 5.14. The van der Waals surface area contributed by atoms with Gasteiger partial charge in [-0.1, -0.05) is 12.1 Å². The molecule has 1 saturated heterocycles. The van der Waals surface area contributed by atoms with E-state index >= 15 is 0 Å². The second-order valence-corrected chi connectivity index (χ2v) is 9.35. The second-order valence-electron chi connectivity index (χ2n) is 7.82. The van der Waals surface area contributed by atoms with E-state index in [0.29, 0.717) is 42.0 Å². The standard InChI is InChI=1S/C22H18F2N4O3S/c23-15-3-6-19(26-12-15)13-1-4-16(5-2-13)27-8-7-17-9-14-10-18(24)21(32(25,30)31)11-20(14)28(17)22(27)29/h1-6,10-12,17H,7-9H2,(H2,25,30,31). The van der Waals surface area contributed by atoms with Gasteiger partial charge in [0.15, 0.2) is 0 Å². The van der Waals surface area contributed by atoms with Crippen LogP contribution in [-0.4, -0.2) is 32.0 Å². The van der Waals surface area contributed by atoms with Crippen molar-refractivity contribution >= 4 is 27.4 Å². The molecule has 2 N–H and O–H groups in total. The Morgan fingerprint density at radius 2 is 1.81 bits per heavy atom. The van der Waals surface area contributed by atoms with Gasteiger partial charge in [0.2, 0.25) is 10.0 Å². The molecule has 3 aromatic rings. The molecule has 1 atom stereocenters. The number of amides is 2. The summed E-state index contributed by atoms with van der Waals surface area (Å²) in [6, 6.07) is 11.8. The third kappa shape index (κ3) is 3.41. The highest BCUT2D eigenvalue weighted by molar-refractivity contribution is 7.89. The Hall–Kier alpha value is -3.37. The summed E-state index contributed by atoms with van der Waals surface area (Å²) in [5.74, 6) is -1.34. The maximum atomic E-state index is 14.3. The van der Waals surface area contributed by atoms with Crippen LogP contribution in [0.5, 0.6) is 0 Å².